The minimum Gasteiger partial charge on any atom is -0.493 e. The van der Waals surface area contributed by atoms with Gasteiger partial charge in [-0.3, -0.25) is 4.79 Å². The molecule has 1 aromatic rings. The predicted molar refractivity (Wildman–Crippen MR) is 78.5 cm³/mol. The average molecular weight is 330 g/mol. The molecule has 1 amide bonds. The number of ether oxygens (including phenoxy) is 2. The SMILES string of the molecule is CC[C@H](C)C(=O)NCc1cc(OC)c(OC)cc1Br. The Bertz CT molecular complexity index is 449. The molecule has 106 valence electrons. The average Bonchev–Trinajstić information content (AvgIpc) is 2.44. The minimum atomic E-state index is 0.0268. The number of nitrogens with one attached hydrogen (secondary N) is 1. The molecule has 5 heteroatoms. The summed E-state index contributed by atoms with van der Waals surface area (Å²) in [6.07, 6.45) is 0.832. The lowest BCUT2D eigenvalue weighted by Gasteiger charge is -2.14. The summed E-state index contributed by atoms with van der Waals surface area (Å²) in [7, 11) is 3.18. The van der Waals surface area contributed by atoms with E-state index in [1.807, 2.05) is 26.0 Å². The molecule has 0 aliphatic rings. The Hall–Kier alpha value is -1.23. The van der Waals surface area contributed by atoms with E-state index in [0.29, 0.717) is 18.0 Å². The Labute approximate surface area is 122 Å². The van der Waals surface area contributed by atoms with Crippen molar-refractivity contribution < 1.29 is 14.3 Å². The highest BCUT2D eigenvalue weighted by atomic mass is 79.9. The second-order valence-electron chi connectivity index (χ2n) is 4.33. The van der Waals surface area contributed by atoms with Crippen LogP contribution in [0, 0.1) is 5.92 Å². The van der Waals surface area contributed by atoms with Crippen molar-refractivity contribution in [3.63, 3.8) is 0 Å². The number of rotatable bonds is 6. The maximum absolute atomic E-state index is 11.8. The van der Waals surface area contributed by atoms with Crippen molar-refractivity contribution in [1.29, 1.82) is 0 Å². The molecular formula is C14H20BrNO3. The number of hydrogen-bond donors (Lipinski definition) is 1. The topological polar surface area (TPSA) is 47.6 Å². The molecule has 0 aromatic heterocycles. The van der Waals surface area contributed by atoms with Crippen LogP contribution in [0.25, 0.3) is 0 Å². The summed E-state index contributed by atoms with van der Waals surface area (Å²) < 4.78 is 11.3. The highest BCUT2D eigenvalue weighted by molar-refractivity contribution is 9.10. The first-order valence-corrected chi connectivity index (χ1v) is 7.00. The van der Waals surface area contributed by atoms with Crippen molar-refractivity contribution in [1.82, 2.24) is 5.32 Å². The monoisotopic (exact) mass is 329 g/mol. The molecule has 4 nitrogen and oxygen atoms in total. The minimum absolute atomic E-state index is 0.0268. The summed E-state index contributed by atoms with van der Waals surface area (Å²) in [5.74, 6) is 1.40. The zero-order valence-electron chi connectivity index (χ0n) is 11.7. The van der Waals surface area contributed by atoms with E-state index in [9.17, 15) is 4.79 Å². The quantitative estimate of drug-likeness (QED) is 0.872. The van der Waals surface area contributed by atoms with Gasteiger partial charge in [0.15, 0.2) is 11.5 Å². The van der Waals surface area contributed by atoms with Crippen LogP contribution in [-0.4, -0.2) is 20.1 Å². The molecule has 0 aliphatic carbocycles. The number of carbonyl (C=O) groups is 1. The third-order valence-electron chi connectivity index (χ3n) is 3.07. The van der Waals surface area contributed by atoms with Gasteiger partial charge in [-0.15, -0.1) is 0 Å². The third-order valence-corrected chi connectivity index (χ3v) is 3.80. The van der Waals surface area contributed by atoms with Gasteiger partial charge >= 0.3 is 0 Å². The molecule has 0 fully saturated rings. The lowest BCUT2D eigenvalue weighted by molar-refractivity contribution is -0.124. The Morgan fingerprint density at radius 3 is 2.42 bits per heavy atom. The van der Waals surface area contributed by atoms with E-state index in [2.05, 4.69) is 21.2 Å². The Balaban J connectivity index is 2.81. The van der Waals surface area contributed by atoms with E-state index in [1.54, 1.807) is 14.2 Å². The Morgan fingerprint density at radius 2 is 1.89 bits per heavy atom. The molecule has 0 saturated heterocycles. The van der Waals surface area contributed by atoms with E-state index in [4.69, 9.17) is 9.47 Å². The molecule has 1 rings (SSSR count). The highest BCUT2D eigenvalue weighted by Crippen LogP contribution is 2.33. The summed E-state index contributed by atoms with van der Waals surface area (Å²) in [6, 6.07) is 3.70. The van der Waals surface area contributed by atoms with Crippen LogP contribution in [0.1, 0.15) is 25.8 Å². The molecule has 1 atom stereocenters. The van der Waals surface area contributed by atoms with Crippen molar-refractivity contribution in [2.24, 2.45) is 5.92 Å². The number of methoxy groups -OCH3 is 2. The van der Waals surface area contributed by atoms with Gasteiger partial charge in [0.2, 0.25) is 5.91 Å². The van der Waals surface area contributed by atoms with E-state index in [-0.39, 0.29) is 11.8 Å². The standard InChI is InChI=1S/C14H20BrNO3/c1-5-9(2)14(17)16-8-10-6-12(18-3)13(19-4)7-11(10)15/h6-7,9H,5,8H2,1-4H3,(H,16,17)/t9-/m0/s1. The van der Waals surface area contributed by atoms with Gasteiger partial charge in [0, 0.05) is 16.9 Å². The lowest BCUT2D eigenvalue weighted by atomic mass is 10.1. The van der Waals surface area contributed by atoms with Crippen LogP contribution in [0.5, 0.6) is 11.5 Å². The largest absolute Gasteiger partial charge is 0.493 e. The second kappa shape index (κ2) is 7.38. The van der Waals surface area contributed by atoms with Crippen molar-refractivity contribution >= 4 is 21.8 Å². The molecule has 0 unspecified atom stereocenters. The van der Waals surface area contributed by atoms with Crippen molar-refractivity contribution in [2.75, 3.05) is 14.2 Å². The van der Waals surface area contributed by atoms with Crippen LogP contribution < -0.4 is 14.8 Å². The summed E-state index contributed by atoms with van der Waals surface area (Å²) >= 11 is 3.47. The summed E-state index contributed by atoms with van der Waals surface area (Å²) in [5.41, 5.74) is 0.953. The molecule has 1 N–H and O–H groups in total. The first kappa shape index (κ1) is 15.8. The Kier molecular flexibility index (Phi) is 6.15. The molecule has 1 aromatic carbocycles. The molecule has 0 aliphatic heterocycles. The summed E-state index contributed by atoms with van der Waals surface area (Å²) in [6.45, 7) is 4.37. The van der Waals surface area contributed by atoms with Gasteiger partial charge in [0.05, 0.1) is 14.2 Å². The number of carbonyl (C=O) groups excluding carboxylic acids is 1. The fourth-order valence-corrected chi connectivity index (χ4v) is 2.04. The van der Waals surface area contributed by atoms with E-state index in [1.165, 1.54) is 0 Å². The van der Waals surface area contributed by atoms with Gasteiger partial charge in [-0.2, -0.15) is 0 Å². The molecular weight excluding hydrogens is 310 g/mol. The Morgan fingerprint density at radius 1 is 1.32 bits per heavy atom. The van der Waals surface area contributed by atoms with Gasteiger partial charge in [0.25, 0.3) is 0 Å². The zero-order valence-corrected chi connectivity index (χ0v) is 13.3. The van der Waals surface area contributed by atoms with E-state index >= 15 is 0 Å². The number of amides is 1. The van der Waals surface area contributed by atoms with Gasteiger partial charge in [0.1, 0.15) is 0 Å². The first-order valence-electron chi connectivity index (χ1n) is 6.21. The van der Waals surface area contributed by atoms with Crippen molar-refractivity contribution in [3.05, 3.63) is 22.2 Å². The van der Waals surface area contributed by atoms with E-state index < -0.39 is 0 Å². The normalized spacial score (nSPS) is 11.8. The highest BCUT2D eigenvalue weighted by Gasteiger charge is 2.13. The van der Waals surface area contributed by atoms with Crippen LogP contribution in [0.2, 0.25) is 0 Å². The number of hydrogen-bond acceptors (Lipinski definition) is 3. The maximum Gasteiger partial charge on any atom is 0.223 e. The predicted octanol–water partition coefficient (Wildman–Crippen LogP) is 3.13. The lowest BCUT2D eigenvalue weighted by Crippen LogP contribution is -2.28. The van der Waals surface area contributed by atoms with Crippen LogP contribution in [-0.2, 0) is 11.3 Å². The molecule has 0 radical (unpaired) electrons. The zero-order chi connectivity index (χ0) is 14.4. The van der Waals surface area contributed by atoms with Crippen molar-refractivity contribution in [2.45, 2.75) is 26.8 Å². The fraction of sp³-hybridized carbons (Fsp3) is 0.500. The third kappa shape index (κ3) is 4.13. The van der Waals surface area contributed by atoms with Gasteiger partial charge in [-0.25, -0.2) is 0 Å². The van der Waals surface area contributed by atoms with Crippen LogP contribution in [0.15, 0.2) is 16.6 Å². The second-order valence-corrected chi connectivity index (χ2v) is 5.18. The number of benzene rings is 1. The van der Waals surface area contributed by atoms with Crippen LogP contribution >= 0.6 is 15.9 Å². The molecule has 0 heterocycles. The van der Waals surface area contributed by atoms with Crippen LogP contribution in [0.4, 0.5) is 0 Å². The molecule has 19 heavy (non-hydrogen) atoms. The van der Waals surface area contributed by atoms with Gasteiger partial charge in [-0.1, -0.05) is 29.8 Å². The van der Waals surface area contributed by atoms with Crippen molar-refractivity contribution in [3.8, 4) is 11.5 Å². The smallest absolute Gasteiger partial charge is 0.223 e. The maximum atomic E-state index is 11.8. The van der Waals surface area contributed by atoms with Gasteiger partial charge in [-0.05, 0) is 24.1 Å². The molecule has 0 bridgehead atoms. The molecule has 0 saturated carbocycles. The summed E-state index contributed by atoms with van der Waals surface area (Å²) in [4.78, 5) is 11.8. The van der Waals surface area contributed by atoms with Crippen LogP contribution in [0.3, 0.4) is 0 Å². The van der Waals surface area contributed by atoms with Gasteiger partial charge < -0.3 is 14.8 Å². The van der Waals surface area contributed by atoms with E-state index in [0.717, 1.165) is 16.5 Å². The fourth-order valence-electron chi connectivity index (χ4n) is 1.57. The number of halogens is 1. The molecule has 0 spiro atoms. The summed E-state index contributed by atoms with van der Waals surface area (Å²) in [5, 5.41) is 2.91. The first-order chi connectivity index (χ1) is 9.03.